The van der Waals surface area contributed by atoms with Crippen LogP contribution in [0.4, 0.5) is 0 Å². The van der Waals surface area contributed by atoms with Crippen molar-refractivity contribution < 1.29 is 23.1 Å². The molecule has 1 amide bonds. The number of amides is 1. The van der Waals surface area contributed by atoms with Gasteiger partial charge < -0.3 is 10.4 Å². The largest absolute Gasteiger partial charge is 0.481 e. The molecule has 0 spiro atoms. The number of aliphatic carboxylic acids is 1. The van der Waals surface area contributed by atoms with E-state index in [0.29, 0.717) is 12.8 Å². The zero-order chi connectivity index (χ0) is 14.4. The van der Waals surface area contributed by atoms with Crippen LogP contribution < -0.4 is 5.32 Å². The van der Waals surface area contributed by atoms with Gasteiger partial charge >= 0.3 is 5.97 Å². The molecule has 2 N–H and O–H groups in total. The summed E-state index contributed by atoms with van der Waals surface area (Å²) in [5, 5.41) is 11.4. The van der Waals surface area contributed by atoms with E-state index in [4.69, 9.17) is 5.11 Å². The number of rotatable bonds is 8. The predicted molar refractivity (Wildman–Crippen MR) is 68.0 cm³/mol. The Bertz CT molecular complexity index is 398. The minimum Gasteiger partial charge on any atom is -0.481 e. The van der Waals surface area contributed by atoms with Crippen molar-refractivity contribution in [3.05, 3.63) is 0 Å². The van der Waals surface area contributed by atoms with E-state index in [0.717, 1.165) is 0 Å². The molecule has 7 heteroatoms. The first-order valence-corrected chi connectivity index (χ1v) is 7.75. The van der Waals surface area contributed by atoms with Crippen molar-refractivity contribution in [2.75, 3.05) is 11.5 Å². The number of carboxylic acids is 1. The molecular formula is C11H21NO5S. The number of hydrogen-bond donors (Lipinski definition) is 2. The van der Waals surface area contributed by atoms with E-state index in [1.807, 2.05) is 0 Å². The van der Waals surface area contributed by atoms with Crippen LogP contribution in [-0.2, 0) is 19.4 Å². The Morgan fingerprint density at radius 1 is 1.17 bits per heavy atom. The number of carbonyl (C=O) groups excluding carboxylic acids is 1. The van der Waals surface area contributed by atoms with Gasteiger partial charge in [0.2, 0.25) is 5.91 Å². The summed E-state index contributed by atoms with van der Waals surface area (Å²) in [7, 11) is -3.40. The molecule has 0 aromatic heterocycles. The minimum absolute atomic E-state index is 0.107. The van der Waals surface area contributed by atoms with Crippen molar-refractivity contribution in [1.29, 1.82) is 0 Å². The third kappa shape index (κ3) is 5.48. The summed E-state index contributed by atoms with van der Waals surface area (Å²) < 4.78 is 22.6. The van der Waals surface area contributed by atoms with E-state index in [2.05, 4.69) is 5.32 Å². The average Bonchev–Trinajstić information content (AvgIpc) is 2.26. The normalized spacial score (nSPS) is 12.2. The van der Waals surface area contributed by atoms with Crippen molar-refractivity contribution in [1.82, 2.24) is 5.32 Å². The molecule has 0 aliphatic carbocycles. The maximum Gasteiger partial charge on any atom is 0.305 e. The van der Waals surface area contributed by atoms with Gasteiger partial charge in [-0.3, -0.25) is 9.59 Å². The summed E-state index contributed by atoms with van der Waals surface area (Å²) >= 11 is 0. The van der Waals surface area contributed by atoms with Crippen LogP contribution >= 0.6 is 0 Å². The zero-order valence-corrected chi connectivity index (χ0v) is 11.8. The summed E-state index contributed by atoms with van der Waals surface area (Å²) in [5.74, 6) is -2.35. The zero-order valence-electron chi connectivity index (χ0n) is 11.0. The molecule has 0 aromatic carbocycles. The van der Waals surface area contributed by atoms with Crippen LogP contribution in [-0.4, -0.2) is 42.4 Å². The first-order chi connectivity index (χ1) is 8.20. The molecule has 106 valence electrons. The molecule has 0 unspecified atom stereocenters. The first-order valence-electron chi connectivity index (χ1n) is 5.93. The maximum atomic E-state index is 11.6. The Balaban J connectivity index is 4.79. The molecule has 0 bridgehead atoms. The van der Waals surface area contributed by atoms with Crippen molar-refractivity contribution >= 4 is 21.7 Å². The molecule has 0 aromatic rings. The van der Waals surface area contributed by atoms with Gasteiger partial charge in [-0.15, -0.1) is 0 Å². The van der Waals surface area contributed by atoms with E-state index >= 15 is 0 Å². The monoisotopic (exact) mass is 279 g/mol. The molecule has 0 aliphatic rings. The van der Waals surface area contributed by atoms with E-state index in [-0.39, 0.29) is 12.2 Å². The first kappa shape index (κ1) is 16.9. The lowest BCUT2D eigenvalue weighted by molar-refractivity contribution is -0.139. The lowest BCUT2D eigenvalue weighted by Gasteiger charge is -2.31. The molecule has 0 radical (unpaired) electrons. The highest BCUT2D eigenvalue weighted by atomic mass is 32.2. The second-order valence-electron chi connectivity index (χ2n) is 4.28. The van der Waals surface area contributed by atoms with Crippen molar-refractivity contribution in [3.8, 4) is 0 Å². The summed E-state index contributed by atoms with van der Waals surface area (Å²) in [6.45, 7) is 4.99. The summed E-state index contributed by atoms with van der Waals surface area (Å²) in [5.41, 5.74) is -0.869. The van der Waals surface area contributed by atoms with Crippen molar-refractivity contribution in [3.63, 3.8) is 0 Å². The number of sulfone groups is 1. The molecule has 18 heavy (non-hydrogen) atoms. The van der Waals surface area contributed by atoms with Gasteiger partial charge in [0.15, 0.2) is 9.84 Å². The van der Waals surface area contributed by atoms with E-state index in [9.17, 15) is 18.0 Å². The average molecular weight is 279 g/mol. The number of nitrogens with one attached hydrogen (secondary N) is 1. The van der Waals surface area contributed by atoms with E-state index in [1.54, 1.807) is 13.8 Å². The second kappa shape index (κ2) is 6.72. The van der Waals surface area contributed by atoms with Crippen LogP contribution in [0.5, 0.6) is 0 Å². The second-order valence-corrected chi connectivity index (χ2v) is 6.64. The van der Waals surface area contributed by atoms with Crippen LogP contribution in [0.3, 0.4) is 0 Å². The van der Waals surface area contributed by atoms with Crippen LogP contribution in [0.1, 0.15) is 40.0 Å². The fourth-order valence-electron chi connectivity index (χ4n) is 1.64. The summed E-state index contributed by atoms with van der Waals surface area (Å²) in [4.78, 5) is 22.4. The van der Waals surface area contributed by atoms with E-state index in [1.165, 1.54) is 6.92 Å². The number of carboxylic acid groups (broad SMARTS) is 1. The van der Waals surface area contributed by atoms with Crippen molar-refractivity contribution in [2.45, 2.75) is 45.6 Å². The van der Waals surface area contributed by atoms with Crippen LogP contribution in [0.25, 0.3) is 0 Å². The van der Waals surface area contributed by atoms with Crippen LogP contribution in [0, 0.1) is 0 Å². The molecule has 0 heterocycles. The molecular weight excluding hydrogens is 258 g/mol. The molecule has 0 saturated heterocycles. The summed E-state index contributed by atoms with van der Waals surface area (Å²) in [6.07, 6.45) is 0.666. The molecule has 0 aliphatic heterocycles. The minimum atomic E-state index is -3.40. The van der Waals surface area contributed by atoms with Gasteiger partial charge in [-0.25, -0.2) is 8.42 Å². The molecule has 0 fully saturated rings. The highest BCUT2D eigenvalue weighted by Gasteiger charge is 2.31. The van der Waals surface area contributed by atoms with Gasteiger partial charge in [0, 0.05) is 11.3 Å². The van der Waals surface area contributed by atoms with Gasteiger partial charge in [0.25, 0.3) is 0 Å². The van der Waals surface area contributed by atoms with Crippen LogP contribution in [0.15, 0.2) is 0 Å². The molecule has 6 nitrogen and oxygen atoms in total. The fraction of sp³-hybridized carbons (Fsp3) is 0.818. The number of hydrogen-bond acceptors (Lipinski definition) is 4. The lowest BCUT2D eigenvalue weighted by atomic mass is 9.89. The predicted octanol–water partition coefficient (Wildman–Crippen LogP) is 0.571. The van der Waals surface area contributed by atoms with Gasteiger partial charge in [-0.2, -0.15) is 0 Å². The fourth-order valence-corrected chi connectivity index (χ4v) is 2.32. The third-order valence-corrected chi connectivity index (χ3v) is 4.62. The third-order valence-electron chi connectivity index (χ3n) is 3.04. The highest BCUT2D eigenvalue weighted by molar-refractivity contribution is 7.92. The smallest absolute Gasteiger partial charge is 0.305 e. The highest BCUT2D eigenvalue weighted by Crippen LogP contribution is 2.19. The van der Waals surface area contributed by atoms with Crippen molar-refractivity contribution in [2.24, 2.45) is 0 Å². The van der Waals surface area contributed by atoms with Gasteiger partial charge in [0.05, 0.1) is 6.42 Å². The Hall–Kier alpha value is -1.11. The van der Waals surface area contributed by atoms with Gasteiger partial charge in [0.1, 0.15) is 5.75 Å². The van der Waals surface area contributed by atoms with E-state index < -0.39 is 33.0 Å². The Morgan fingerprint density at radius 3 is 2.00 bits per heavy atom. The topological polar surface area (TPSA) is 101 Å². The Labute approximate surface area is 108 Å². The standard InChI is InChI=1S/C11H21NO5S/c1-4-11(5-2,7-10(14)15)12-9(13)8-18(16,17)6-3/h4-8H2,1-3H3,(H,12,13)(H,14,15). The number of carbonyl (C=O) groups is 2. The molecule has 0 atom stereocenters. The maximum absolute atomic E-state index is 11.6. The van der Waals surface area contributed by atoms with Crippen LogP contribution in [0.2, 0.25) is 0 Å². The Morgan fingerprint density at radius 2 is 1.67 bits per heavy atom. The van der Waals surface area contributed by atoms with Gasteiger partial charge in [-0.05, 0) is 12.8 Å². The summed E-state index contributed by atoms with van der Waals surface area (Å²) in [6, 6.07) is 0. The van der Waals surface area contributed by atoms with Gasteiger partial charge in [-0.1, -0.05) is 20.8 Å². The lowest BCUT2D eigenvalue weighted by Crippen LogP contribution is -2.50. The molecule has 0 rings (SSSR count). The SMILES string of the molecule is CCC(CC)(CC(=O)O)NC(=O)CS(=O)(=O)CC. The Kier molecular flexibility index (Phi) is 6.31. The quantitative estimate of drug-likeness (QED) is 0.676. The molecule has 0 saturated carbocycles.